The van der Waals surface area contributed by atoms with Gasteiger partial charge in [-0.2, -0.15) is 0 Å². The second kappa shape index (κ2) is 32.7. The monoisotopic (exact) mass is 1590 g/mol. The van der Waals surface area contributed by atoms with Crippen LogP contribution in [0.2, 0.25) is 0 Å². The minimum absolute atomic E-state index is 0.605. The Labute approximate surface area is 722 Å². The molecule has 0 aliphatic carbocycles. The smallest absolute Gasteiger partial charge is 0.164 e. The number of aromatic nitrogens is 8. The molecule has 0 bridgehead atoms. The lowest BCUT2D eigenvalue weighted by molar-refractivity contribution is 0.670. The van der Waals surface area contributed by atoms with Gasteiger partial charge in [0.05, 0.1) is 22.4 Å². The van der Waals surface area contributed by atoms with Crippen molar-refractivity contribution in [2.75, 3.05) is 0 Å². The zero-order chi connectivity index (χ0) is 82.9. The van der Waals surface area contributed by atoms with E-state index in [0.29, 0.717) is 34.9 Å². The van der Waals surface area contributed by atoms with E-state index >= 15 is 0 Å². The van der Waals surface area contributed by atoms with Gasteiger partial charge in [0.2, 0.25) is 0 Å². The highest BCUT2D eigenvalue weighted by atomic mass is 16.3. The molecule has 0 unspecified atom stereocenters. The molecule has 0 atom stereocenters. The molecule has 23 aromatic rings. The first-order valence-electron chi connectivity index (χ1n) is 42.0. The van der Waals surface area contributed by atoms with Crippen LogP contribution in [0, 0.1) is 0 Å². The summed E-state index contributed by atoms with van der Waals surface area (Å²) in [5, 5.41) is 9.14. The second-order valence-corrected chi connectivity index (χ2v) is 31.2. The maximum Gasteiger partial charge on any atom is 0.164 e. The van der Waals surface area contributed by atoms with Crippen molar-refractivity contribution in [2.24, 2.45) is 0 Å². The molecule has 0 N–H and O–H groups in total. The van der Waals surface area contributed by atoms with Crippen molar-refractivity contribution in [1.29, 1.82) is 0 Å². The summed E-state index contributed by atoms with van der Waals surface area (Å²) in [7, 11) is 0. The Morgan fingerprint density at radius 1 is 0.144 bits per heavy atom. The number of benzene rings is 18. The van der Waals surface area contributed by atoms with E-state index in [1.807, 2.05) is 97.1 Å². The third kappa shape index (κ3) is 14.7. The van der Waals surface area contributed by atoms with E-state index in [2.05, 4.69) is 352 Å². The van der Waals surface area contributed by atoms with Gasteiger partial charge in [0.15, 0.2) is 34.9 Å². The predicted octanol–water partition coefficient (Wildman–Crippen LogP) is 30.1. The lowest BCUT2D eigenvalue weighted by Crippen LogP contribution is -2.00. The Morgan fingerprint density at radius 3 is 0.800 bits per heavy atom. The Bertz CT molecular complexity index is 7890. The van der Waals surface area contributed by atoms with Crippen LogP contribution >= 0.6 is 0 Å². The Balaban J connectivity index is 0.000000148. The quantitative estimate of drug-likeness (QED) is 0.0925. The van der Waals surface area contributed by atoms with E-state index < -0.39 is 0 Å². The molecule has 0 saturated carbocycles. The number of furan rings is 1. The normalized spacial score (nSPS) is 11.4. The van der Waals surface area contributed by atoms with E-state index in [1.54, 1.807) is 0 Å². The van der Waals surface area contributed by atoms with Gasteiger partial charge in [-0.3, -0.25) is 0 Å². The molecule has 5 aromatic heterocycles. The number of pyridine rings is 2. The number of rotatable bonds is 15. The van der Waals surface area contributed by atoms with E-state index in [1.165, 1.54) is 33.0 Å². The molecule has 0 aliphatic heterocycles. The third-order valence-electron chi connectivity index (χ3n) is 23.5. The van der Waals surface area contributed by atoms with Crippen molar-refractivity contribution in [2.45, 2.75) is 0 Å². The average molecular weight is 1600 g/mol. The lowest BCUT2D eigenvalue weighted by atomic mass is 9.92. The minimum Gasteiger partial charge on any atom is -0.455 e. The molecule has 23 rings (SSSR count). The van der Waals surface area contributed by atoms with Crippen LogP contribution in [0.5, 0.6) is 0 Å². The summed E-state index contributed by atoms with van der Waals surface area (Å²) in [5.41, 5.74) is 28.9. The third-order valence-corrected chi connectivity index (χ3v) is 23.5. The molecule has 0 spiro atoms. The topological polar surface area (TPSA) is 116 Å². The average Bonchev–Trinajstić information content (AvgIpc) is 1.47. The summed E-state index contributed by atoms with van der Waals surface area (Å²) in [6, 6.07) is 156. The molecule has 0 radical (unpaired) electrons. The van der Waals surface area contributed by atoms with Crippen LogP contribution in [0.25, 0.3) is 234 Å². The summed E-state index contributed by atoms with van der Waals surface area (Å²) in [5.74, 6) is 3.68. The Hall–Kier alpha value is -16.9. The van der Waals surface area contributed by atoms with Gasteiger partial charge < -0.3 is 4.42 Å². The van der Waals surface area contributed by atoms with Crippen molar-refractivity contribution < 1.29 is 4.42 Å². The zero-order valence-corrected chi connectivity index (χ0v) is 67.7. The summed E-state index contributed by atoms with van der Waals surface area (Å²) >= 11 is 0. The van der Waals surface area contributed by atoms with E-state index in [0.717, 1.165) is 166 Å². The molecule has 125 heavy (non-hydrogen) atoms. The van der Waals surface area contributed by atoms with E-state index in [4.69, 9.17) is 44.3 Å². The summed E-state index contributed by atoms with van der Waals surface area (Å²) in [6.45, 7) is 0. The van der Waals surface area contributed by atoms with Gasteiger partial charge in [0, 0.05) is 93.2 Å². The number of hydrogen-bond acceptors (Lipinski definition) is 9. The van der Waals surface area contributed by atoms with Crippen molar-refractivity contribution in [3.05, 3.63) is 449 Å². The van der Waals surface area contributed by atoms with Crippen molar-refractivity contribution in [3.63, 3.8) is 0 Å². The molecular formula is C116H74N8O. The highest BCUT2D eigenvalue weighted by Crippen LogP contribution is 2.45. The van der Waals surface area contributed by atoms with Gasteiger partial charge in [-0.05, 0) is 109 Å². The van der Waals surface area contributed by atoms with Crippen LogP contribution in [-0.2, 0) is 0 Å². The summed E-state index contributed by atoms with van der Waals surface area (Å²) in [4.78, 5) is 41.2. The maximum atomic E-state index is 6.36. The van der Waals surface area contributed by atoms with Gasteiger partial charge in [0.25, 0.3) is 0 Å². The first-order valence-corrected chi connectivity index (χ1v) is 42.0. The van der Waals surface area contributed by atoms with Crippen molar-refractivity contribution in [1.82, 2.24) is 39.9 Å². The van der Waals surface area contributed by atoms with Gasteiger partial charge >= 0.3 is 0 Å². The van der Waals surface area contributed by atoms with E-state index in [9.17, 15) is 0 Å². The first-order chi connectivity index (χ1) is 61.9. The fraction of sp³-hybridized carbons (Fsp3) is 0. The van der Waals surface area contributed by atoms with Crippen LogP contribution in [0.4, 0.5) is 0 Å². The summed E-state index contributed by atoms with van der Waals surface area (Å²) in [6.07, 6.45) is 0. The molecular weight excluding hydrogens is 1520 g/mol. The largest absolute Gasteiger partial charge is 0.455 e. The van der Waals surface area contributed by atoms with Crippen LogP contribution in [0.3, 0.4) is 0 Å². The minimum atomic E-state index is 0.605. The van der Waals surface area contributed by atoms with Crippen LogP contribution in [0.1, 0.15) is 0 Å². The number of fused-ring (bicyclic) bond motifs is 9. The first kappa shape index (κ1) is 74.4. The Morgan fingerprint density at radius 2 is 0.408 bits per heavy atom. The molecule has 18 aromatic carbocycles. The Kier molecular flexibility index (Phi) is 19.5. The molecule has 0 aliphatic rings. The molecule has 0 amide bonds. The second-order valence-electron chi connectivity index (χ2n) is 31.2. The SMILES string of the molecule is c1ccc(-c2cc(-c3ccccc3)cc(-c3nc(-c4ccccc4)nc(-c4ccc(-c5ccc6c(c5)nc(-c5ccccc5)c5cccc(-c7ccccc7)c56)cc4)n3)c2)cc1.c1ccc(-c2nc(-c3ccc(-c4ccc5c(c4)nc(-c4ccccc4)c4cccc(-c6ccccc6)c45)cc3)nc(-c3ccc(-c4cccc5c4oc4ccccc45)cc3)n2)cc1. The molecule has 5 heterocycles. The van der Waals surface area contributed by atoms with Crippen molar-refractivity contribution >= 4 is 65.3 Å². The van der Waals surface area contributed by atoms with Gasteiger partial charge in [-0.15, -0.1) is 0 Å². The zero-order valence-electron chi connectivity index (χ0n) is 67.7. The molecule has 0 fully saturated rings. The van der Waals surface area contributed by atoms with Crippen molar-refractivity contribution in [3.8, 4) is 169 Å². The lowest BCUT2D eigenvalue weighted by Gasteiger charge is -2.15. The molecule has 9 nitrogen and oxygen atoms in total. The molecule has 0 saturated heterocycles. The van der Waals surface area contributed by atoms with Crippen LogP contribution < -0.4 is 0 Å². The molecule has 584 valence electrons. The molecule has 9 heteroatoms. The van der Waals surface area contributed by atoms with Gasteiger partial charge in [-0.25, -0.2) is 39.9 Å². The number of para-hydroxylation sites is 2. The highest BCUT2D eigenvalue weighted by Gasteiger charge is 2.22. The van der Waals surface area contributed by atoms with Crippen LogP contribution in [0.15, 0.2) is 453 Å². The maximum absolute atomic E-state index is 6.36. The van der Waals surface area contributed by atoms with Gasteiger partial charge in [-0.1, -0.05) is 413 Å². The highest BCUT2D eigenvalue weighted by molar-refractivity contribution is 6.19. The number of hydrogen-bond donors (Lipinski definition) is 0. The van der Waals surface area contributed by atoms with Gasteiger partial charge in [0.1, 0.15) is 11.2 Å². The van der Waals surface area contributed by atoms with Crippen LogP contribution in [-0.4, -0.2) is 39.9 Å². The fourth-order valence-corrected chi connectivity index (χ4v) is 17.3. The fourth-order valence-electron chi connectivity index (χ4n) is 17.3. The number of nitrogens with zero attached hydrogens (tertiary/aromatic N) is 8. The summed E-state index contributed by atoms with van der Waals surface area (Å²) < 4.78 is 6.36. The predicted molar refractivity (Wildman–Crippen MR) is 514 cm³/mol. The van der Waals surface area contributed by atoms with E-state index in [-0.39, 0.29) is 0 Å². The standard InChI is InChI=1S/C58H36N4O.C58H38N4/c1-4-14-38(15-5-1)45-21-12-24-50-53(45)49-35-34-44(36-51(49)59-54(50)40-16-6-2-7-17-40)37-26-30-42(31-27-37)57-60-56(41-18-8-3-9-19-41)61-58(62-57)43-32-28-39(29-33-43)46-22-13-23-48-47-20-10-11-25-52(47)63-55(46)48;1-6-17-39(18-7-1)47-35-48(40-19-8-2-9-20-40)37-49(36-47)58-61-56(44-25-14-5-15-26-44)60-57(62-58)45-31-29-41(30-32-45)46-33-34-51-53(38-46)59-55(43-23-12-4-13-24-43)52-28-16-27-50(54(51)52)42-21-10-3-11-22-42/h1-36H;1-38H.